The van der Waals surface area contributed by atoms with Crippen molar-refractivity contribution in [1.29, 1.82) is 0 Å². The van der Waals surface area contributed by atoms with Crippen LogP contribution in [0.5, 0.6) is 0 Å². The van der Waals surface area contributed by atoms with E-state index in [2.05, 4.69) is 15.0 Å². The number of aromatic nitrogens is 1. The largest absolute Gasteiger partial charge is 0.465 e. The van der Waals surface area contributed by atoms with Crippen molar-refractivity contribution in [3.8, 4) is 0 Å². The Morgan fingerprint density at radius 2 is 2.41 bits per heavy atom. The van der Waals surface area contributed by atoms with Gasteiger partial charge in [0.05, 0.1) is 18.3 Å². The minimum Gasteiger partial charge on any atom is -0.465 e. The standard InChI is InChI=1S/C12H16N2O3/c1-17-11(15)9-3-6-13-10(7-9)14-8-12(16)4-2-5-12/h3,6-7,16H,2,4-5,8H2,1H3,(H,13,14). The van der Waals surface area contributed by atoms with Crippen LogP contribution < -0.4 is 5.32 Å². The molecule has 0 saturated heterocycles. The molecule has 2 rings (SSSR count). The average molecular weight is 236 g/mol. The van der Waals surface area contributed by atoms with Crippen LogP contribution in [0.3, 0.4) is 0 Å². The van der Waals surface area contributed by atoms with Crippen LogP contribution in [0.15, 0.2) is 18.3 Å². The van der Waals surface area contributed by atoms with E-state index in [1.165, 1.54) is 7.11 Å². The van der Waals surface area contributed by atoms with Gasteiger partial charge in [0.15, 0.2) is 0 Å². The lowest BCUT2D eigenvalue weighted by Crippen LogP contribution is -2.43. The molecule has 92 valence electrons. The summed E-state index contributed by atoms with van der Waals surface area (Å²) in [6, 6.07) is 3.21. The van der Waals surface area contributed by atoms with Gasteiger partial charge in [-0.3, -0.25) is 0 Å². The minimum atomic E-state index is -0.608. The Kier molecular flexibility index (Phi) is 3.28. The van der Waals surface area contributed by atoms with Crippen molar-refractivity contribution >= 4 is 11.8 Å². The third-order valence-corrected chi connectivity index (χ3v) is 3.06. The van der Waals surface area contributed by atoms with E-state index < -0.39 is 11.6 Å². The van der Waals surface area contributed by atoms with Crippen LogP contribution in [-0.4, -0.2) is 35.3 Å². The second kappa shape index (κ2) is 4.71. The molecular weight excluding hydrogens is 220 g/mol. The lowest BCUT2D eigenvalue weighted by atomic mass is 9.80. The number of anilines is 1. The second-order valence-corrected chi connectivity index (χ2v) is 4.35. The number of rotatable bonds is 4. The number of methoxy groups -OCH3 is 1. The number of nitrogens with one attached hydrogen (secondary N) is 1. The van der Waals surface area contributed by atoms with Gasteiger partial charge in [0.25, 0.3) is 0 Å². The van der Waals surface area contributed by atoms with E-state index in [0.29, 0.717) is 17.9 Å². The Labute approximate surface area is 99.8 Å². The van der Waals surface area contributed by atoms with Gasteiger partial charge in [-0.25, -0.2) is 9.78 Å². The van der Waals surface area contributed by atoms with Gasteiger partial charge < -0.3 is 15.2 Å². The smallest absolute Gasteiger partial charge is 0.338 e. The molecule has 0 unspecified atom stereocenters. The van der Waals surface area contributed by atoms with Crippen LogP contribution in [0.1, 0.15) is 29.6 Å². The summed E-state index contributed by atoms with van der Waals surface area (Å²) < 4.78 is 4.63. The molecule has 0 amide bonds. The molecule has 1 aromatic heterocycles. The van der Waals surface area contributed by atoms with Crippen LogP contribution >= 0.6 is 0 Å². The zero-order valence-corrected chi connectivity index (χ0v) is 9.77. The molecule has 5 nitrogen and oxygen atoms in total. The molecule has 1 fully saturated rings. The highest BCUT2D eigenvalue weighted by Gasteiger charge is 2.34. The predicted molar refractivity (Wildman–Crippen MR) is 62.9 cm³/mol. The average Bonchev–Trinajstić information content (AvgIpc) is 2.33. The molecule has 1 aliphatic rings. The van der Waals surface area contributed by atoms with Crippen molar-refractivity contribution in [2.45, 2.75) is 24.9 Å². The quantitative estimate of drug-likeness (QED) is 0.768. The number of hydrogen-bond acceptors (Lipinski definition) is 5. The summed E-state index contributed by atoms with van der Waals surface area (Å²) in [6.45, 7) is 0.463. The molecule has 1 saturated carbocycles. The van der Waals surface area contributed by atoms with Crippen LogP contribution in [0.4, 0.5) is 5.82 Å². The molecule has 0 bridgehead atoms. The highest BCUT2D eigenvalue weighted by molar-refractivity contribution is 5.89. The number of aliphatic hydroxyl groups is 1. The summed E-state index contributed by atoms with van der Waals surface area (Å²) in [6.07, 6.45) is 4.24. The Balaban J connectivity index is 1.98. The normalized spacial score (nSPS) is 17.1. The topological polar surface area (TPSA) is 71.5 Å². The highest BCUT2D eigenvalue weighted by atomic mass is 16.5. The zero-order valence-electron chi connectivity index (χ0n) is 9.77. The molecule has 0 spiro atoms. The fourth-order valence-corrected chi connectivity index (χ4v) is 1.79. The molecule has 0 aliphatic heterocycles. The van der Waals surface area contributed by atoms with Gasteiger partial charge in [-0.2, -0.15) is 0 Å². The highest BCUT2D eigenvalue weighted by Crippen LogP contribution is 2.31. The van der Waals surface area contributed by atoms with Crippen molar-refractivity contribution in [1.82, 2.24) is 4.98 Å². The summed E-state index contributed by atoms with van der Waals surface area (Å²) in [5, 5.41) is 13.0. The van der Waals surface area contributed by atoms with Crippen molar-refractivity contribution in [3.63, 3.8) is 0 Å². The number of hydrogen-bond donors (Lipinski definition) is 2. The van der Waals surface area contributed by atoms with Gasteiger partial charge in [-0.15, -0.1) is 0 Å². The first-order valence-corrected chi connectivity index (χ1v) is 5.64. The summed E-state index contributed by atoms with van der Waals surface area (Å²) in [4.78, 5) is 15.4. The first-order chi connectivity index (χ1) is 8.13. The van der Waals surface area contributed by atoms with E-state index in [1.54, 1.807) is 18.3 Å². The molecule has 1 heterocycles. The van der Waals surface area contributed by atoms with Crippen LogP contribution in [-0.2, 0) is 4.74 Å². The predicted octanol–water partition coefficient (Wildman–Crippen LogP) is 1.20. The van der Waals surface area contributed by atoms with Gasteiger partial charge in [0.1, 0.15) is 5.82 Å². The first-order valence-electron chi connectivity index (χ1n) is 5.64. The third-order valence-electron chi connectivity index (χ3n) is 3.06. The second-order valence-electron chi connectivity index (χ2n) is 4.35. The maximum Gasteiger partial charge on any atom is 0.338 e. The molecular formula is C12H16N2O3. The van der Waals surface area contributed by atoms with E-state index >= 15 is 0 Å². The van der Waals surface area contributed by atoms with Gasteiger partial charge in [0.2, 0.25) is 0 Å². The summed E-state index contributed by atoms with van der Waals surface area (Å²) in [7, 11) is 1.34. The molecule has 0 atom stereocenters. The third kappa shape index (κ3) is 2.74. The van der Waals surface area contributed by atoms with Crippen molar-refractivity contribution in [2.24, 2.45) is 0 Å². The Morgan fingerprint density at radius 1 is 1.65 bits per heavy atom. The van der Waals surface area contributed by atoms with Gasteiger partial charge in [-0.1, -0.05) is 0 Å². The van der Waals surface area contributed by atoms with Gasteiger partial charge in [-0.05, 0) is 31.4 Å². The van der Waals surface area contributed by atoms with Crippen LogP contribution in [0.25, 0.3) is 0 Å². The van der Waals surface area contributed by atoms with Gasteiger partial charge in [0, 0.05) is 12.7 Å². The first kappa shape index (κ1) is 11.9. The van der Waals surface area contributed by atoms with E-state index in [4.69, 9.17) is 0 Å². The molecule has 0 radical (unpaired) electrons. The number of nitrogens with zero attached hydrogens (tertiary/aromatic N) is 1. The maximum atomic E-state index is 11.3. The van der Waals surface area contributed by atoms with E-state index in [1.807, 2.05) is 0 Å². The summed E-state index contributed by atoms with van der Waals surface area (Å²) in [5.74, 6) is 0.186. The lowest BCUT2D eigenvalue weighted by molar-refractivity contribution is -0.0202. The summed E-state index contributed by atoms with van der Waals surface area (Å²) in [5.41, 5.74) is -0.159. The number of carbonyl (C=O) groups is 1. The fourth-order valence-electron chi connectivity index (χ4n) is 1.79. The van der Waals surface area contributed by atoms with E-state index in [0.717, 1.165) is 19.3 Å². The minimum absolute atomic E-state index is 0.391. The molecule has 5 heteroatoms. The Hall–Kier alpha value is -1.62. The molecule has 0 aromatic carbocycles. The number of pyridine rings is 1. The van der Waals surface area contributed by atoms with Crippen LogP contribution in [0.2, 0.25) is 0 Å². The van der Waals surface area contributed by atoms with Crippen molar-refractivity contribution < 1.29 is 14.6 Å². The molecule has 1 aliphatic carbocycles. The number of esters is 1. The van der Waals surface area contributed by atoms with Crippen molar-refractivity contribution in [3.05, 3.63) is 23.9 Å². The zero-order chi connectivity index (χ0) is 12.3. The fraction of sp³-hybridized carbons (Fsp3) is 0.500. The SMILES string of the molecule is COC(=O)c1ccnc(NCC2(O)CCC2)c1. The molecule has 2 N–H and O–H groups in total. The Bertz CT molecular complexity index is 416. The monoisotopic (exact) mass is 236 g/mol. The van der Waals surface area contributed by atoms with E-state index in [-0.39, 0.29) is 0 Å². The maximum absolute atomic E-state index is 11.3. The Morgan fingerprint density at radius 3 is 3.00 bits per heavy atom. The lowest BCUT2D eigenvalue weighted by Gasteiger charge is -2.36. The van der Waals surface area contributed by atoms with Crippen LogP contribution in [0, 0.1) is 0 Å². The molecule has 17 heavy (non-hydrogen) atoms. The summed E-state index contributed by atoms with van der Waals surface area (Å²) >= 11 is 0. The van der Waals surface area contributed by atoms with Gasteiger partial charge >= 0.3 is 5.97 Å². The number of ether oxygens (including phenoxy) is 1. The van der Waals surface area contributed by atoms with E-state index in [9.17, 15) is 9.90 Å². The molecule has 1 aromatic rings. The number of carbonyl (C=O) groups excluding carboxylic acids is 1. The van der Waals surface area contributed by atoms with Crippen molar-refractivity contribution in [2.75, 3.05) is 19.0 Å².